The van der Waals surface area contributed by atoms with E-state index in [0.717, 1.165) is 6.42 Å². The first-order valence-corrected chi connectivity index (χ1v) is 8.33. The number of hydrogen-bond acceptors (Lipinski definition) is 3. The molecule has 2 rings (SSSR count). The molecule has 1 aliphatic rings. The highest BCUT2D eigenvalue weighted by Gasteiger charge is 2.26. The van der Waals surface area contributed by atoms with Crippen LogP contribution in [0.2, 0.25) is 10.0 Å². The Morgan fingerprint density at radius 3 is 2.26 bits per heavy atom. The van der Waals surface area contributed by atoms with E-state index in [1.54, 1.807) is 9.80 Å². The highest BCUT2D eigenvalue weighted by atomic mass is 35.5. The van der Waals surface area contributed by atoms with Crippen molar-refractivity contribution in [2.75, 3.05) is 33.3 Å². The summed E-state index contributed by atoms with van der Waals surface area (Å²) in [5.41, 5.74) is 0.353. The van der Waals surface area contributed by atoms with Crippen molar-refractivity contribution in [1.29, 1.82) is 0 Å². The van der Waals surface area contributed by atoms with Gasteiger partial charge in [-0.2, -0.15) is 0 Å². The van der Waals surface area contributed by atoms with Crippen LogP contribution in [-0.2, 0) is 4.79 Å². The van der Waals surface area contributed by atoms with Crippen molar-refractivity contribution in [3.63, 3.8) is 0 Å². The van der Waals surface area contributed by atoms with Crippen molar-refractivity contribution in [3.05, 3.63) is 27.7 Å². The summed E-state index contributed by atoms with van der Waals surface area (Å²) in [7, 11) is 1.49. The molecule has 1 aromatic rings. The summed E-state index contributed by atoms with van der Waals surface area (Å²) in [5, 5.41) is 0.651. The minimum absolute atomic E-state index is 0.144. The minimum atomic E-state index is -0.179. The second kappa shape index (κ2) is 7.88. The highest BCUT2D eigenvalue weighted by molar-refractivity contribution is 6.36. The summed E-state index contributed by atoms with van der Waals surface area (Å²) in [4.78, 5) is 28.0. The average molecular weight is 359 g/mol. The Morgan fingerprint density at radius 1 is 1.09 bits per heavy atom. The molecule has 126 valence electrons. The molecule has 23 heavy (non-hydrogen) atoms. The lowest BCUT2D eigenvalue weighted by molar-refractivity contribution is -0.132. The number of nitrogens with zero attached hydrogens (tertiary/aromatic N) is 2. The van der Waals surface area contributed by atoms with Crippen LogP contribution in [0.5, 0.6) is 5.75 Å². The first kappa shape index (κ1) is 17.9. The zero-order valence-electron chi connectivity index (χ0n) is 13.3. The number of rotatable bonds is 4. The van der Waals surface area contributed by atoms with Gasteiger partial charge >= 0.3 is 0 Å². The van der Waals surface area contributed by atoms with Crippen LogP contribution < -0.4 is 4.74 Å². The summed E-state index contributed by atoms with van der Waals surface area (Å²) in [6.07, 6.45) is 1.38. The smallest absolute Gasteiger partial charge is 0.255 e. The van der Waals surface area contributed by atoms with E-state index in [9.17, 15) is 9.59 Å². The van der Waals surface area contributed by atoms with Gasteiger partial charge in [0.15, 0.2) is 0 Å². The zero-order chi connectivity index (χ0) is 17.0. The monoisotopic (exact) mass is 358 g/mol. The summed E-state index contributed by atoms with van der Waals surface area (Å²) in [6, 6.07) is 3.07. The molecule has 5 nitrogen and oxygen atoms in total. The van der Waals surface area contributed by atoms with Crippen molar-refractivity contribution in [1.82, 2.24) is 9.80 Å². The molecule has 0 saturated carbocycles. The third-order valence-corrected chi connectivity index (χ3v) is 4.46. The summed E-state index contributed by atoms with van der Waals surface area (Å²) in [6.45, 7) is 4.06. The second-order valence-electron chi connectivity index (χ2n) is 5.39. The average Bonchev–Trinajstić information content (AvgIpc) is 2.56. The number of methoxy groups -OCH3 is 1. The van der Waals surface area contributed by atoms with Crippen LogP contribution in [0.1, 0.15) is 30.1 Å². The van der Waals surface area contributed by atoms with Crippen molar-refractivity contribution in [2.45, 2.75) is 19.8 Å². The van der Waals surface area contributed by atoms with Gasteiger partial charge in [0.2, 0.25) is 5.91 Å². The predicted octanol–water partition coefficient (Wildman–Crippen LogP) is 3.09. The Kier molecular flexibility index (Phi) is 6.13. The lowest BCUT2D eigenvalue weighted by Gasteiger charge is -2.35. The fourth-order valence-corrected chi connectivity index (χ4v) is 3.03. The molecule has 0 atom stereocenters. The maximum Gasteiger partial charge on any atom is 0.255 e. The van der Waals surface area contributed by atoms with Gasteiger partial charge in [-0.3, -0.25) is 9.59 Å². The van der Waals surface area contributed by atoms with Crippen molar-refractivity contribution < 1.29 is 14.3 Å². The van der Waals surface area contributed by atoms with E-state index >= 15 is 0 Å². The predicted molar refractivity (Wildman–Crippen MR) is 90.4 cm³/mol. The van der Waals surface area contributed by atoms with E-state index in [0.29, 0.717) is 54.0 Å². The normalized spacial score (nSPS) is 14.8. The van der Waals surface area contributed by atoms with Gasteiger partial charge in [0.25, 0.3) is 5.91 Å². The lowest BCUT2D eigenvalue weighted by atomic mass is 10.1. The van der Waals surface area contributed by atoms with Gasteiger partial charge in [0, 0.05) is 38.7 Å². The first-order valence-electron chi connectivity index (χ1n) is 7.58. The largest absolute Gasteiger partial charge is 0.495 e. The molecule has 0 spiro atoms. The molecule has 1 heterocycles. The molecular formula is C16H20Cl2N2O3. The molecular weight excluding hydrogens is 339 g/mol. The van der Waals surface area contributed by atoms with E-state index in [4.69, 9.17) is 27.9 Å². The van der Waals surface area contributed by atoms with E-state index in [1.165, 1.54) is 19.2 Å². The van der Waals surface area contributed by atoms with Crippen LogP contribution >= 0.6 is 23.2 Å². The second-order valence-corrected chi connectivity index (χ2v) is 6.20. The molecule has 0 aliphatic carbocycles. The quantitative estimate of drug-likeness (QED) is 0.830. The van der Waals surface area contributed by atoms with Gasteiger partial charge in [-0.05, 0) is 12.5 Å². The van der Waals surface area contributed by atoms with Crippen molar-refractivity contribution in [2.24, 2.45) is 0 Å². The molecule has 2 amide bonds. The Morgan fingerprint density at radius 2 is 1.70 bits per heavy atom. The third-order valence-electron chi connectivity index (χ3n) is 3.86. The molecule has 0 radical (unpaired) electrons. The van der Waals surface area contributed by atoms with Gasteiger partial charge in [0.1, 0.15) is 5.75 Å². The number of amides is 2. The number of ether oxygens (including phenoxy) is 1. The van der Waals surface area contributed by atoms with Crippen LogP contribution in [-0.4, -0.2) is 54.9 Å². The number of carbonyl (C=O) groups excluding carboxylic acids is 2. The van der Waals surface area contributed by atoms with Crippen LogP contribution in [0.15, 0.2) is 12.1 Å². The number of hydrogen-bond donors (Lipinski definition) is 0. The number of piperazine rings is 1. The Hall–Kier alpha value is -1.46. The van der Waals surface area contributed by atoms with Crippen LogP contribution in [0, 0.1) is 0 Å². The third kappa shape index (κ3) is 4.09. The van der Waals surface area contributed by atoms with Crippen LogP contribution in [0.4, 0.5) is 0 Å². The maximum atomic E-state index is 12.6. The van der Waals surface area contributed by atoms with Crippen molar-refractivity contribution in [3.8, 4) is 5.75 Å². The van der Waals surface area contributed by atoms with Gasteiger partial charge in [-0.1, -0.05) is 30.1 Å². The molecule has 0 aromatic heterocycles. The fraction of sp³-hybridized carbons (Fsp3) is 0.500. The van der Waals surface area contributed by atoms with Crippen molar-refractivity contribution >= 4 is 35.0 Å². The molecule has 7 heteroatoms. The van der Waals surface area contributed by atoms with Crippen LogP contribution in [0.3, 0.4) is 0 Å². The maximum absolute atomic E-state index is 12.6. The number of halogens is 2. The Balaban J connectivity index is 2.05. The molecule has 1 fully saturated rings. The molecule has 1 saturated heterocycles. The summed E-state index contributed by atoms with van der Waals surface area (Å²) in [5.74, 6) is 0.399. The minimum Gasteiger partial charge on any atom is -0.495 e. The fourth-order valence-electron chi connectivity index (χ4n) is 2.55. The lowest BCUT2D eigenvalue weighted by Crippen LogP contribution is -2.50. The highest BCUT2D eigenvalue weighted by Crippen LogP contribution is 2.31. The van der Waals surface area contributed by atoms with E-state index in [-0.39, 0.29) is 11.8 Å². The zero-order valence-corrected chi connectivity index (χ0v) is 14.8. The van der Waals surface area contributed by atoms with Gasteiger partial charge in [-0.25, -0.2) is 0 Å². The van der Waals surface area contributed by atoms with E-state index < -0.39 is 0 Å². The van der Waals surface area contributed by atoms with E-state index in [2.05, 4.69) is 0 Å². The first-order chi connectivity index (χ1) is 11.0. The SMILES string of the molecule is CCCC(=O)N1CCN(C(=O)c2cc(Cl)c(OC)cc2Cl)CC1. The molecule has 1 aromatic carbocycles. The summed E-state index contributed by atoms with van der Waals surface area (Å²) < 4.78 is 5.08. The molecule has 1 aliphatic heterocycles. The van der Waals surface area contributed by atoms with Gasteiger partial charge in [0.05, 0.1) is 22.7 Å². The molecule has 0 bridgehead atoms. The Bertz CT molecular complexity index is 599. The van der Waals surface area contributed by atoms with Gasteiger partial charge in [-0.15, -0.1) is 0 Å². The molecule has 0 N–H and O–H groups in total. The number of carbonyl (C=O) groups is 2. The van der Waals surface area contributed by atoms with Gasteiger partial charge < -0.3 is 14.5 Å². The molecule has 0 unspecified atom stereocenters. The van der Waals surface area contributed by atoms with E-state index in [1.807, 2.05) is 6.92 Å². The number of benzene rings is 1. The topological polar surface area (TPSA) is 49.9 Å². The Labute approximate surface area is 146 Å². The standard InChI is InChI=1S/C16H20Cl2N2O3/c1-3-4-15(21)19-5-7-20(8-6-19)16(22)11-9-13(18)14(23-2)10-12(11)17/h9-10H,3-8H2,1-2H3. The van der Waals surface area contributed by atoms with Crippen LogP contribution in [0.25, 0.3) is 0 Å². The summed E-state index contributed by atoms with van der Waals surface area (Å²) >= 11 is 12.2.